The third-order valence-electron chi connectivity index (χ3n) is 4.27. The van der Waals surface area contributed by atoms with Gasteiger partial charge < -0.3 is 15.5 Å². The fraction of sp³-hybridized carbons (Fsp3) is 0.167. The van der Waals surface area contributed by atoms with E-state index in [4.69, 9.17) is 0 Å². The molecule has 1 aliphatic rings. The summed E-state index contributed by atoms with van der Waals surface area (Å²) in [5.41, 5.74) is 3.51. The standard InChI is InChI=1S/C18H15Br2N3O4/c19-12-6-10(15(24)14(20)16(12)25)7-22-23-18(27)13-11(8-21-17(13)26)9-4-2-1-3-5-9/h1-7,11,13,24-25H,8H2,(H,21,26)(H,23,27)/b22-7-. The molecule has 3 rings (SSSR count). The number of carbonyl (C=O) groups is 2. The van der Waals surface area contributed by atoms with Gasteiger partial charge in [0.2, 0.25) is 5.91 Å². The number of amides is 2. The fourth-order valence-corrected chi connectivity index (χ4v) is 4.04. The molecule has 0 spiro atoms. The quantitative estimate of drug-likeness (QED) is 0.296. The predicted molar refractivity (Wildman–Crippen MR) is 107 cm³/mol. The number of hydrazone groups is 1. The maximum Gasteiger partial charge on any atom is 0.253 e. The number of aromatic hydroxyl groups is 2. The second kappa shape index (κ2) is 8.10. The molecule has 1 heterocycles. The summed E-state index contributed by atoms with van der Waals surface area (Å²) in [6.07, 6.45) is 1.23. The van der Waals surface area contributed by atoms with Crippen molar-refractivity contribution in [2.75, 3.05) is 6.54 Å². The summed E-state index contributed by atoms with van der Waals surface area (Å²) in [6, 6.07) is 10.8. The predicted octanol–water partition coefficient (Wildman–Crippen LogP) is 2.60. The highest BCUT2D eigenvalue weighted by atomic mass is 79.9. The number of benzene rings is 2. The number of halogens is 2. The summed E-state index contributed by atoms with van der Waals surface area (Å²) in [6.45, 7) is 0.378. The summed E-state index contributed by atoms with van der Waals surface area (Å²) in [5, 5.41) is 26.3. The Labute approximate surface area is 171 Å². The lowest BCUT2D eigenvalue weighted by atomic mass is 9.88. The molecule has 0 radical (unpaired) electrons. The third-order valence-corrected chi connectivity index (χ3v) is 5.62. The van der Waals surface area contributed by atoms with Gasteiger partial charge in [0.05, 0.1) is 10.7 Å². The molecule has 2 amide bonds. The molecule has 1 fully saturated rings. The molecule has 2 atom stereocenters. The first-order valence-electron chi connectivity index (χ1n) is 7.95. The second-order valence-electron chi connectivity index (χ2n) is 5.93. The van der Waals surface area contributed by atoms with Crippen molar-refractivity contribution in [2.45, 2.75) is 5.92 Å². The minimum atomic E-state index is -0.892. The number of nitrogens with one attached hydrogen (secondary N) is 2. The smallest absolute Gasteiger partial charge is 0.253 e. The summed E-state index contributed by atoms with van der Waals surface area (Å²) >= 11 is 6.22. The van der Waals surface area contributed by atoms with E-state index in [1.807, 2.05) is 30.3 Å². The van der Waals surface area contributed by atoms with Gasteiger partial charge in [-0.2, -0.15) is 5.10 Å². The molecule has 140 valence electrons. The summed E-state index contributed by atoms with van der Waals surface area (Å²) in [7, 11) is 0. The molecule has 1 saturated heterocycles. The number of phenolic OH excluding ortho intramolecular Hbond substituents is 2. The van der Waals surface area contributed by atoms with E-state index in [9.17, 15) is 19.8 Å². The van der Waals surface area contributed by atoms with Gasteiger partial charge in [-0.25, -0.2) is 5.43 Å². The van der Waals surface area contributed by atoms with E-state index < -0.39 is 11.8 Å². The molecule has 0 aromatic heterocycles. The zero-order valence-corrected chi connectivity index (χ0v) is 17.0. The van der Waals surface area contributed by atoms with Gasteiger partial charge in [0.25, 0.3) is 5.91 Å². The summed E-state index contributed by atoms with van der Waals surface area (Å²) < 4.78 is 0.447. The van der Waals surface area contributed by atoms with Crippen molar-refractivity contribution in [3.8, 4) is 11.5 Å². The molecule has 0 saturated carbocycles. The number of phenols is 2. The number of rotatable bonds is 4. The first kappa shape index (κ1) is 19.4. The first-order chi connectivity index (χ1) is 12.9. The van der Waals surface area contributed by atoms with Crippen LogP contribution in [-0.4, -0.2) is 34.8 Å². The Hall–Kier alpha value is -2.39. The van der Waals surface area contributed by atoms with Crippen molar-refractivity contribution in [1.29, 1.82) is 0 Å². The van der Waals surface area contributed by atoms with Crippen LogP contribution in [0.2, 0.25) is 0 Å². The van der Waals surface area contributed by atoms with Crippen molar-refractivity contribution in [2.24, 2.45) is 11.0 Å². The lowest BCUT2D eigenvalue weighted by molar-refractivity contribution is -0.133. The maximum atomic E-state index is 12.5. The summed E-state index contributed by atoms with van der Waals surface area (Å²) in [5.74, 6) is -2.44. The monoisotopic (exact) mass is 495 g/mol. The molecule has 7 nitrogen and oxygen atoms in total. The van der Waals surface area contributed by atoms with Crippen LogP contribution in [-0.2, 0) is 9.59 Å². The van der Waals surface area contributed by atoms with Crippen molar-refractivity contribution in [1.82, 2.24) is 10.7 Å². The van der Waals surface area contributed by atoms with E-state index in [0.29, 0.717) is 11.0 Å². The van der Waals surface area contributed by atoms with Gasteiger partial charge in [-0.3, -0.25) is 9.59 Å². The number of hydrogen-bond acceptors (Lipinski definition) is 5. The van der Waals surface area contributed by atoms with E-state index >= 15 is 0 Å². The highest BCUT2D eigenvalue weighted by Crippen LogP contribution is 2.40. The van der Waals surface area contributed by atoms with Gasteiger partial charge >= 0.3 is 0 Å². The zero-order chi connectivity index (χ0) is 19.6. The normalized spacial score (nSPS) is 19.3. The Bertz CT molecular complexity index is 919. The van der Waals surface area contributed by atoms with Crippen molar-refractivity contribution < 1.29 is 19.8 Å². The molecule has 0 bridgehead atoms. The van der Waals surface area contributed by atoms with E-state index in [2.05, 4.69) is 47.7 Å². The van der Waals surface area contributed by atoms with Crippen molar-refractivity contribution in [3.63, 3.8) is 0 Å². The Morgan fingerprint density at radius 2 is 1.93 bits per heavy atom. The first-order valence-corrected chi connectivity index (χ1v) is 9.54. The molecular weight excluding hydrogens is 482 g/mol. The number of carbonyl (C=O) groups excluding carboxylic acids is 2. The molecular formula is C18H15Br2N3O4. The molecule has 1 aliphatic heterocycles. The van der Waals surface area contributed by atoms with Crippen LogP contribution < -0.4 is 10.7 Å². The molecule has 0 aliphatic carbocycles. The van der Waals surface area contributed by atoms with Crippen molar-refractivity contribution in [3.05, 3.63) is 56.5 Å². The molecule has 4 N–H and O–H groups in total. The average molecular weight is 497 g/mol. The Balaban J connectivity index is 1.75. The topological polar surface area (TPSA) is 111 Å². The minimum absolute atomic E-state index is 0.101. The minimum Gasteiger partial charge on any atom is -0.506 e. The van der Waals surface area contributed by atoms with Crippen molar-refractivity contribution >= 4 is 49.9 Å². The van der Waals surface area contributed by atoms with Gasteiger partial charge in [0.15, 0.2) is 0 Å². The average Bonchev–Trinajstić information content (AvgIpc) is 3.06. The second-order valence-corrected chi connectivity index (χ2v) is 7.58. The SMILES string of the molecule is O=C1NCC(c2ccccc2)C1C(=O)N/N=C\c1cc(Br)c(O)c(Br)c1O. The van der Waals surface area contributed by atoms with Crippen LogP contribution in [0.3, 0.4) is 0 Å². The zero-order valence-electron chi connectivity index (χ0n) is 13.8. The number of nitrogens with zero attached hydrogens (tertiary/aromatic N) is 1. The molecule has 27 heavy (non-hydrogen) atoms. The van der Waals surface area contributed by atoms with Crippen LogP contribution in [0.1, 0.15) is 17.0 Å². The number of hydrogen-bond donors (Lipinski definition) is 4. The molecule has 2 aromatic carbocycles. The van der Waals surface area contributed by atoms with Crippen LogP contribution in [0.15, 0.2) is 50.4 Å². The maximum absolute atomic E-state index is 12.5. The van der Waals surface area contributed by atoms with Gasteiger partial charge in [0, 0.05) is 18.0 Å². The largest absolute Gasteiger partial charge is 0.506 e. The molecule has 2 unspecified atom stereocenters. The van der Waals surface area contributed by atoms with E-state index in [-0.39, 0.29) is 33.4 Å². The highest BCUT2D eigenvalue weighted by molar-refractivity contribution is 9.11. The van der Waals surface area contributed by atoms with Gasteiger partial charge in [-0.15, -0.1) is 0 Å². The van der Waals surface area contributed by atoms with E-state index in [0.717, 1.165) is 5.56 Å². The summed E-state index contributed by atoms with van der Waals surface area (Å²) in [4.78, 5) is 24.6. The lowest BCUT2D eigenvalue weighted by Crippen LogP contribution is -2.34. The van der Waals surface area contributed by atoms with Gasteiger partial charge in [0.1, 0.15) is 21.9 Å². The van der Waals surface area contributed by atoms with Crippen LogP contribution in [0.25, 0.3) is 0 Å². The van der Waals surface area contributed by atoms with Crippen LogP contribution in [0, 0.1) is 5.92 Å². The van der Waals surface area contributed by atoms with E-state index in [1.54, 1.807) is 0 Å². The van der Waals surface area contributed by atoms with Crippen LogP contribution in [0.5, 0.6) is 11.5 Å². The Kier molecular flexibility index (Phi) is 5.81. The van der Waals surface area contributed by atoms with Crippen LogP contribution in [0.4, 0.5) is 0 Å². The Morgan fingerprint density at radius 1 is 1.22 bits per heavy atom. The molecule has 9 heteroatoms. The fourth-order valence-electron chi connectivity index (χ4n) is 2.88. The third kappa shape index (κ3) is 3.98. The molecule has 2 aromatic rings. The van der Waals surface area contributed by atoms with E-state index in [1.165, 1.54) is 12.3 Å². The van der Waals surface area contributed by atoms with Gasteiger partial charge in [-0.1, -0.05) is 30.3 Å². The highest BCUT2D eigenvalue weighted by Gasteiger charge is 2.40. The lowest BCUT2D eigenvalue weighted by Gasteiger charge is -2.15. The van der Waals surface area contributed by atoms with Crippen LogP contribution >= 0.6 is 31.9 Å². The Morgan fingerprint density at radius 3 is 2.63 bits per heavy atom. The van der Waals surface area contributed by atoms with Gasteiger partial charge in [-0.05, 0) is 43.5 Å².